The Balaban J connectivity index is 2.51. The summed E-state index contributed by atoms with van der Waals surface area (Å²) in [6.07, 6.45) is 0. The average molecular weight is 260 g/mol. The Bertz CT molecular complexity index is 624. The molecule has 1 aromatic rings. The summed E-state index contributed by atoms with van der Waals surface area (Å²) in [4.78, 5) is 0. The van der Waals surface area contributed by atoms with Gasteiger partial charge in [0.15, 0.2) is 15.3 Å². The molecule has 92 valence electrons. The Hall–Kier alpha value is -1.85. The van der Waals surface area contributed by atoms with Gasteiger partial charge in [0.2, 0.25) is 0 Å². The minimum Gasteiger partial charge on any atom is -0.228 e. The Morgan fingerprint density at radius 3 is 2.22 bits per heavy atom. The third-order valence-corrected chi connectivity index (χ3v) is 5.67. The molecule has 1 aliphatic rings. The normalized spacial score (nSPS) is 24.8. The zero-order valence-electron chi connectivity index (χ0n) is 9.87. The van der Waals surface area contributed by atoms with Crippen molar-refractivity contribution in [2.45, 2.75) is 18.1 Å². The van der Waals surface area contributed by atoms with Crippen LogP contribution in [0.15, 0.2) is 30.3 Å². The highest BCUT2D eigenvalue weighted by molar-refractivity contribution is 7.92. The largest absolute Gasteiger partial charge is 0.228 e. The Morgan fingerprint density at radius 1 is 1.22 bits per heavy atom. The number of nitrogens with zero attached hydrogens (tertiary/aromatic N) is 2. The number of rotatable bonds is 3. The van der Waals surface area contributed by atoms with Gasteiger partial charge >= 0.3 is 0 Å². The lowest BCUT2D eigenvalue weighted by molar-refractivity contribution is 0.592. The van der Waals surface area contributed by atoms with Crippen molar-refractivity contribution in [1.29, 1.82) is 10.5 Å². The summed E-state index contributed by atoms with van der Waals surface area (Å²) in [6.45, 7) is 1.54. The van der Waals surface area contributed by atoms with Crippen LogP contribution in [-0.4, -0.2) is 19.4 Å². The average Bonchev–Trinajstić information content (AvgIpc) is 3.10. The molecule has 0 amide bonds. The molecule has 0 saturated heterocycles. The molecule has 1 saturated carbocycles. The first kappa shape index (κ1) is 12.6. The fourth-order valence-electron chi connectivity index (χ4n) is 2.42. The summed E-state index contributed by atoms with van der Waals surface area (Å²) in [6, 6.07) is 12.7. The molecule has 0 heterocycles. The number of sulfone groups is 1. The first-order valence-corrected chi connectivity index (χ1v) is 7.34. The molecule has 18 heavy (non-hydrogen) atoms. The van der Waals surface area contributed by atoms with Gasteiger partial charge in [-0.2, -0.15) is 10.5 Å². The first-order valence-electron chi connectivity index (χ1n) is 5.62. The molecule has 5 heteroatoms. The fraction of sp³-hybridized carbons (Fsp3) is 0.385. The van der Waals surface area contributed by atoms with E-state index in [1.54, 1.807) is 24.3 Å². The van der Waals surface area contributed by atoms with Crippen LogP contribution in [0.3, 0.4) is 0 Å². The summed E-state index contributed by atoms with van der Waals surface area (Å²) < 4.78 is 24.0. The molecule has 0 bridgehead atoms. The number of hydrogen-bond donors (Lipinski definition) is 0. The predicted octanol–water partition coefficient (Wildman–Crippen LogP) is 1.62. The Morgan fingerprint density at radius 2 is 1.78 bits per heavy atom. The lowest BCUT2D eigenvalue weighted by Crippen LogP contribution is -2.15. The van der Waals surface area contributed by atoms with E-state index in [-0.39, 0.29) is 5.75 Å². The third-order valence-electron chi connectivity index (χ3n) is 3.45. The summed E-state index contributed by atoms with van der Waals surface area (Å²) in [7, 11) is -3.40. The van der Waals surface area contributed by atoms with Gasteiger partial charge in [-0.1, -0.05) is 37.3 Å². The van der Waals surface area contributed by atoms with Gasteiger partial charge < -0.3 is 0 Å². The SMILES string of the molecule is CCS(=O)(=O)[C@@H]1[C@H](c2ccccc2)C1(C#N)C#N. The number of hydrogen-bond acceptors (Lipinski definition) is 4. The van der Waals surface area contributed by atoms with Gasteiger partial charge in [0.25, 0.3) is 0 Å². The van der Waals surface area contributed by atoms with Crippen LogP contribution in [-0.2, 0) is 9.84 Å². The van der Waals surface area contributed by atoms with Gasteiger partial charge in [0.05, 0.1) is 12.1 Å². The quantitative estimate of drug-likeness (QED) is 0.826. The predicted molar refractivity (Wildman–Crippen MR) is 66.1 cm³/mol. The molecule has 1 fully saturated rings. The van der Waals surface area contributed by atoms with Crippen LogP contribution in [0.2, 0.25) is 0 Å². The zero-order valence-corrected chi connectivity index (χ0v) is 10.7. The van der Waals surface area contributed by atoms with Gasteiger partial charge in [0, 0.05) is 11.7 Å². The zero-order chi connectivity index (χ0) is 13.4. The Labute approximate surface area is 106 Å². The second-order valence-electron chi connectivity index (χ2n) is 4.35. The van der Waals surface area contributed by atoms with Gasteiger partial charge in [-0.3, -0.25) is 0 Å². The molecule has 1 aliphatic carbocycles. The lowest BCUT2D eigenvalue weighted by Gasteiger charge is -1.98. The highest BCUT2D eigenvalue weighted by Crippen LogP contribution is 2.62. The van der Waals surface area contributed by atoms with Gasteiger partial charge in [-0.15, -0.1) is 0 Å². The van der Waals surface area contributed by atoms with E-state index in [2.05, 4.69) is 0 Å². The van der Waals surface area contributed by atoms with Gasteiger partial charge in [-0.25, -0.2) is 8.42 Å². The molecule has 4 nitrogen and oxygen atoms in total. The van der Waals surface area contributed by atoms with E-state index in [9.17, 15) is 18.9 Å². The molecule has 1 aromatic carbocycles. The molecule has 0 aromatic heterocycles. The van der Waals surface area contributed by atoms with Crippen molar-refractivity contribution in [3.63, 3.8) is 0 Å². The van der Waals surface area contributed by atoms with Crippen LogP contribution < -0.4 is 0 Å². The maximum absolute atomic E-state index is 12.0. The van der Waals surface area contributed by atoms with Crippen LogP contribution >= 0.6 is 0 Å². The molecular weight excluding hydrogens is 248 g/mol. The van der Waals surface area contributed by atoms with E-state index in [0.29, 0.717) is 0 Å². The molecular formula is C13H12N2O2S. The number of nitriles is 2. The smallest absolute Gasteiger partial charge is 0.169 e. The highest BCUT2D eigenvalue weighted by Gasteiger charge is 2.72. The van der Waals surface area contributed by atoms with Crippen LogP contribution in [0.5, 0.6) is 0 Å². The van der Waals surface area contributed by atoms with Crippen molar-refractivity contribution in [1.82, 2.24) is 0 Å². The van der Waals surface area contributed by atoms with Crippen LogP contribution in [0, 0.1) is 28.1 Å². The van der Waals surface area contributed by atoms with Crippen LogP contribution in [0.4, 0.5) is 0 Å². The monoisotopic (exact) mass is 260 g/mol. The maximum Gasteiger partial charge on any atom is 0.169 e. The molecule has 0 aliphatic heterocycles. The first-order chi connectivity index (χ1) is 8.53. The standard InChI is InChI=1S/C13H12N2O2S/c1-2-18(16,17)12-11(13(12,8-14)9-15)10-6-4-3-5-7-10/h3-7,11-12H,2H2,1H3/t11-,12+/m0/s1. The van der Waals surface area contributed by atoms with E-state index < -0.39 is 26.4 Å². The van der Waals surface area contributed by atoms with Crippen molar-refractivity contribution in [3.05, 3.63) is 35.9 Å². The van der Waals surface area contributed by atoms with E-state index in [0.717, 1.165) is 5.56 Å². The maximum atomic E-state index is 12.0. The molecule has 2 rings (SSSR count). The molecule has 0 unspecified atom stereocenters. The third kappa shape index (κ3) is 1.60. The second-order valence-corrected chi connectivity index (χ2v) is 6.76. The van der Waals surface area contributed by atoms with Crippen molar-refractivity contribution in [2.75, 3.05) is 5.75 Å². The van der Waals surface area contributed by atoms with Crippen molar-refractivity contribution in [2.24, 2.45) is 5.41 Å². The molecule has 0 spiro atoms. The summed E-state index contributed by atoms with van der Waals surface area (Å²) in [5, 5.41) is 17.5. The Kier molecular flexibility index (Phi) is 2.88. The van der Waals surface area contributed by atoms with Crippen molar-refractivity contribution < 1.29 is 8.42 Å². The van der Waals surface area contributed by atoms with Crippen molar-refractivity contribution >= 4 is 9.84 Å². The van der Waals surface area contributed by atoms with Crippen LogP contribution in [0.25, 0.3) is 0 Å². The highest BCUT2D eigenvalue weighted by atomic mass is 32.2. The molecule has 2 atom stereocenters. The topological polar surface area (TPSA) is 81.7 Å². The van der Waals surface area contributed by atoms with E-state index in [1.165, 1.54) is 6.92 Å². The summed E-state index contributed by atoms with van der Waals surface area (Å²) >= 11 is 0. The van der Waals surface area contributed by atoms with Crippen LogP contribution in [0.1, 0.15) is 18.4 Å². The fourth-order valence-corrected chi connectivity index (χ4v) is 4.30. The van der Waals surface area contributed by atoms with Gasteiger partial charge in [-0.05, 0) is 5.56 Å². The molecule has 0 radical (unpaired) electrons. The lowest BCUT2D eigenvalue weighted by atomic mass is 10.0. The minimum atomic E-state index is -3.40. The van der Waals surface area contributed by atoms with E-state index >= 15 is 0 Å². The number of benzene rings is 1. The van der Waals surface area contributed by atoms with Gasteiger partial charge in [0.1, 0.15) is 5.25 Å². The minimum absolute atomic E-state index is 0.0495. The van der Waals surface area contributed by atoms with E-state index in [4.69, 9.17) is 0 Å². The van der Waals surface area contributed by atoms with E-state index in [1.807, 2.05) is 18.2 Å². The van der Waals surface area contributed by atoms with Crippen molar-refractivity contribution in [3.8, 4) is 12.1 Å². The molecule has 0 N–H and O–H groups in total. The summed E-state index contributed by atoms with van der Waals surface area (Å²) in [5.41, 5.74) is -0.682. The summed E-state index contributed by atoms with van der Waals surface area (Å²) in [5.74, 6) is -0.579. The second kappa shape index (κ2) is 4.12.